The summed E-state index contributed by atoms with van der Waals surface area (Å²) < 4.78 is 0. The van der Waals surface area contributed by atoms with Crippen LogP contribution in [-0.2, 0) is 11.3 Å². The number of piperidine rings is 1. The number of nitrogens with one attached hydrogen (secondary N) is 3. The van der Waals surface area contributed by atoms with E-state index in [9.17, 15) is 9.59 Å². The van der Waals surface area contributed by atoms with Crippen molar-refractivity contribution in [1.82, 2.24) is 35.8 Å². The highest BCUT2D eigenvalue weighted by Gasteiger charge is 2.25. The van der Waals surface area contributed by atoms with Crippen LogP contribution in [0.3, 0.4) is 0 Å². The third-order valence-corrected chi connectivity index (χ3v) is 6.62. The molecule has 2 fully saturated rings. The van der Waals surface area contributed by atoms with Gasteiger partial charge >= 0.3 is 0 Å². The molecule has 0 bridgehead atoms. The smallest absolute Gasteiger partial charge is 0.290 e. The summed E-state index contributed by atoms with van der Waals surface area (Å²) >= 11 is 0.888. The average molecular weight is 477 g/mol. The van der Waals surface area contributed by atoms with E-state index in [0.29, 0.717) is 22.5 Å². The highest BCUT2D eigenvalue weighted by Crippen LogP contribution is 2.26. The number of nitrogens with zero attached hydrogens (tertiary/aromatic N) is 5. The Balaban J connectivity index is 1.11. The maximum Gasteiger partial charge on any atom is 0.290 e. The number of hydrogen-bond donors (Lipinski definition) is 3. The number of hydrogen-bond acceptors (Lipinski definition) is 9. The van der Waals surface area contributed by atoms with E-state index in [0.717, 1.165) is 67.9 Å². The molecule has 2 aliphatic rings. The third-order valence-electron chi connectivity index (χ3n) is 5.81. The van der Waals surface area contributed by atoms with Gasteiger partial charge in [0.15, 0.2) is 0 Å². The molecule has 5 heterocycles. The Bertz CT molecular complexity index is 1210. The van der Waals surface area contributed by atoms with E-state index in [2.05, 4.69) is 35.7 Å². The van der Waals surface area contributed by atoms with Crippen LogP contribution in [0.2, 0.25) is 0 Å². The largest absolute Gasteiger partial charge is 0.341 e. The topological polar surface area (TPSA) is 129 Å². The number of pyridine rings is 1. The van der Waals surface area contributed by atoms with Crippen molar-refractivity contribution in [2.45, 2.75) is 19.4 Å². The van der Waals surface area contributed by atoms with Gasteiger partial charge in [-0.3, -0.25) is 20.0 Å². The molecule has 2 saturated heterocycles. The van der Waals surface area contributed by atoms with Gasteiger partial charge in [-0.25, -0.2) is 15.0 Å². The monoisotopic (exact) mass is 476 g/mol. The Morgan fingerprint density at radius 2 is 2.00 bits per heavy atom. The van der Waals surface area contributed by atoms with Gasteiger partial charge in [0.2, 0.25) is 5.95 Å². The van der Waals surface area contributed by atoms with Gasteiger partial charge in [0, 0.05) is 32.0 Å². The van der Waals surface area contributed by atoms with Gasteiger partial charge in [-0.1, -0.05) is 6.07 Å². The molecular weight excluding hydrogens is 452 g/mol. The summed E-state index contributed by atoms with van der Waals surface area (Å²) in [6.45, 7) is 3.38. The van der Waals surface area contributed by atoms with Crippen molar-refractivity contribution in [2.75, 3.05) is 24.5 Å². The molecule has 0 radical (unpaired) electrons. The first-order valence-corrected chi connectivity index (χ1v) is 11.9. The van der Waals surface area contributed by atoms with Gasteiger partial charge in [-0.05, 0) is 67.4 Å². The fraction of sp³-hybridized carbons (Fsp3) is 0.304. The van der Waals surface area contributed by atoms with Gasteiger partial charge in [-0.15, -0.1) is 0 Å². The van der Waals surface area contributed by atoms with Crippen molar-refractivity contribution >= 4 is 34.9 Å². The van der Waals surface area contributed by atoms with Crippen LogP contribution in [0.5, 0.6) is 0 Å². The average Bonchev–Trinajstić information content (AvgIpc) is 3.50. The quantitative estimate of drug-likeness (QED) is 0.441. The van der Waals surface area contributed by atoms with Crippen LogP contribution < -0.4 is 15.5 Å². The van der Waals surface area contributed by atoms with Gasteiger partial charge in [-0.2, -0.15) is 5.10 Å². The van der Waals surface area contributed by atoms with E-state index in [4.69, 9.17) is 4.98 Å². The fourth-order valence-corrected chi connectivity index (χ4v) is 4.68. The lowest BCUT2D eigenvalue weighted by Gasteiger charge is -2.32. The SMILES string of the molecule is O=C1NC(=O)/C(=C\c2ccnc(N3CCC(CNCc4cccc(-c5ccn[nH]5)n4)CC3)n2)S1. The van der Waals surface area contributed by atoms with Crippen molar-refractivity contribution in [2.24, 2.45) is 5.92 Å². The molecule has 0 aromatic carbocycles. The number of carbonyl (C=O) groups is 2. The minimum absolute atomic E-state index is 0.351. The predicted octanol–water partition coefficient (Wildman–Crippen LogP) is 2.59. The molecule has 0 spiro atoms. The van der Waals surface area contributed by atoms with E-state index in [-0.39, 0.29) is 11.1 Å². The molecule has 3 aromatic heterocycles. The van der Waals surface area contributed by atoms with Crippen molar-refractivity contribution < 1.29 is 9.59 Å². The molecule has 0 saturated carbocycles. The Labute approximate surface area is 200 Å². The number of amides is 2. The van der Waals surface area contributed by atoms with Crippen LogP contribution in [0.4, 0.5) is 10.7 Å². The molecule has 0 aliphatic carbocycles. The van der Waals surface area contributed by atoms with Crippen molar-refractivity contribution in [3.63, 3.8) is 0 Å². The van der Waals surface area contributed by atoms with Crippen molar-refractivity contribution in [3.05, 3.63) is 59.0 Å². The maximum atomic E-state index is 11.8. The Morgan fingerprint density at radius 1 is 1.12 bits per heavy atom. The van der Waals surface area contributed by atoms with Crippen LogP contribution in [-0.4, -0.2) is 55.9 Å². The lowest BCUT2D eigenvalue weighted by Crippen LogP contribution is -2.38. The molecular formula is C23H24N8O2S. The summed E-state index contributed by atoms with van der Waals surface area (Å²) in [5.74, 6) is 0.837. The number of carbonyl (C=O) groups excluding carboxylic acids is 2. The first-order chi connectivity index (χ1) is 16.6. The number of aromatic nitrogens is 5. The van der Waals surface area contributed by atoms with E-state index in [1.807, 2.05) is 24.3 Å². The molecule has 0 atom stereocenters. The first kappa shape index (κ1) is 22.2. The zero-order chi connectivity index (χ0) is 23.3. The fourth-order valence-electron chi connectivity index (χ4n) is 4.02. The van der Waals surface area contributed by atoms with Gasteiger partial charge in [0.05, 0.1) is 27.7 Å². The number of aromatic amines is 1. The summed E-state index contributed by atoms with van der Waals surface area (Å²) in [5.41, 5.74) is 3.42. The van der Waals surface area contributed by atoms with Crippen LogP contribution in [0.15, 0.2) is 47.6 Å². The number of rotatable bonds is 7. The van der Waals surface area contributed by atoms with Crippen molar-refractivity contribution in [1.29, 1.82) is 0 Å². The molecule has 2 aliphatic heterocycles. The minimum atomic E-state index is -0.383. The van der Waals surface area contributed by atoms with E-state index in [1.165, 1.54) is 0 Å². The van der Waals surface area contributed by atoms with Gasteiger partial charge in [0.1, 0.15) is 0 Å². The highest BCUT2D eigenvalue weighted by molar-refractivity contribution is 8.18. The Kier molecular flexibility index (Phi) is 6.63. The first-order valence-electron chi connectivity index (χ1n) is 11.1. The molecule has 5 rings (SSSR count). The summed E-state index contributed by atoms with van der Waals surface area (Å²) in [6, 6.07) is 9.66. The van der Waals surface area contributed by atoms with Gasteiger partial charge < -0.3 is 10.2 Å². The van der Waals surface area contributed by atoms with Crippen LogP contribution >= 0.6 is 11.8 Å². The second-order valence-electron chi connectivity index (χ2n) is 8.18. The number of anilines is 1. The zero-order valence-electron chi connectivity index (χ0n) is 18.4. The number of imide groups is 1. The zero-order valence-corrected chi connectivity index (χ0v) is 19.2. The van der Waals surface area contributed by atoms with E-state index >= 15 is 0 Å². The molecule has 0 unspecified atom stereocenters. The maximum absolute atomic E-state index is 11.8. The van der Waals surface area contributed by atoms with Crippen LogP contribution in [0, 0.1) is 5.92 Å². The van der Waals surface area contributed by atoms with E-state index in [1.54, 1.807) is 24.5 Å². The Hall–Kier alpha value is -3.57. The number of H-pyrrole nitrogens is 1. The second-order valence-corrected chi connectivity index (χ2v) is 9.19. The summed E-state index contributed by atoms with van der Waals surface area (Å²) in [6.07, 6.45) is 7.11. The molecule has 11 heteroatoms. The molecule has 3 N–H and O–H groups in total. The highest BCUT2D eigenvalue weighted by atomic mass is 32.2. The molecule has 10 nitrogen and oxygen atoms in total. The summed E-state index contributed by atoms with van der Waals surface area (Å²) in [7, 11) is 0. The summed E-state index contributed by atoms with van der Waals surface area (Å²) in [4.78, 5) is 39.3. The van der Waals surface area contributed by atoms with Crippen molar-refractivity contribution in [3.8, 4) is 11.4 Å². The molecule has 174 valence electrons. The second kappa shape index (κ2) is 10.1. The third kappa shape index (κ3) is 5.32. The lowest BCUT2D eigenvalue weighted by molar-refractivity contribution is -0.115. The predicted molar refractivity (Wildman–Crippen MR) is 130 cm³/mol. The lowest BCUT2D eigenvalue weighted by atomic mass is 9.97. The van der Waals surface area contributed by atoms with Crippen LogP contribution in [0.25, 0.3) is 17.5 Å². The normalized spacial score (nSPS) is 18.0. The molecule has 3 aromatic rings. The molecule has 34 heavy (non-hydrogen) atoms. The van der Waals surface area contributed by atoms with Gasteiger partial charge in [0.25, 0.3) is 11.1 Å². The standard InChI is InChI=1S/C23H24N8O2S/c32-21-20(34-23(33)29-21)12-16-4-8-25-22(28-16)31-10-6-15(7-11-31)13-24-14-17-2-1-3-18(27-17)19-5-9-26-30-19/h1-5,8-9,12,15,24H,6-7,10-11,13-14H2,(H,26,30)(H,29,32,33)/b20-12+. The van der Waals surface area contributed by atoms with E-state index < -0.39 is 0 Å². The minimum Gasteiger partial charge on any atom is -0.341 e. The molecule has 2 amide bonds. The summed E-state index contributed by atoms with van der Waals surface area (Å²) in [5, 5.41) is 12.4. The Morgan fingerprint density at radius 3 is 2.76 bits per heavy atom. The van der Waals surface area contributed by atoms with Crippen LogP contribution in [0.1, 0.15) is 24.2 Å². The number of thioether (sulfide) groups is 1.